The van der Waals surface area contributed by atoms with Crippen molar-refractivity contribution in [3.63, 3.8) is 0 Å². The Morgan fingerprint density at radius 1 is 1.30 bits per heavy atom. The second-order valence-corrected chi connectivity index (χ2v) is 6.69. The molecule has 23 heavy (non-hydrogen) atoms. The number of hydrogen-bond donors (Lipinski definition) is 2. The van der Waals surface area contributed by atoms with Crippen LogP contribution in [-0.4, -0.2) is 47.0 Å². The average molecular weight is 383 g/mol. The minimum atomic E-state index is -0.814. The van der Waals surface area contributed by atoms with E-state index in [9.17, 15) is 9.59 Å². The van der Waals surface area contributed by atoms with Gasteiger partial charge in [-0.3, -0.25) is 4.79 Å². The molecule has 0 radical (unpaired) electrons. The third kappa shape index (κ3) is 5.53. The van der Waals surface area contributed by atoms with Crippen LogP contribution in [0, 0.1) is 5.92 Å². The summed E-state index contributed by atoms with van der Waals surface area (Å²) in [5.41, 5.74) is 1.86. The zero-order valence-corrected chi connectivity index (χ0v) is 14.7. The zero-order chi connectivity index (χ0) is 16.7. The van der Waals surface area contributed by atoms with Crippen LogP contribution in [0.4, 0.5) is 4.79 Å². The highest BCUT2D eigenvalue weighted by atomic mass is 79.9. The molecule has 1 saturated heterocycles. The average Bonchev–Trinajstić information content (AvgIpc) is 2.58. The summed E-state index contributed by atoms with van der Waals surface area (Å²) in [6, 6.07) is 7.76. The van der Waals surface area contributed by atoms with E-state index in [4.69, 9.17) is 5.11 Å². The number of carbonyl (C=O) groups excluding carboxylic acids is 1. The molecular formula is C17H23BrN2O3. The highest BCUT2D eigenvalue weighted by molar-refractivity contribution is 9.09. The molecule has 1 aliphatic heterocycles. The first-order valence-electron chi connectivity index (χ1n) is 8.01. The van der Waals surface area contributed by atoms with Gasteiger partial charge in [-0.25, -0.2) is 4.79 Å². The number of halogens is 1. The number of piperidine rings is 1. The lowest BCUT2D eigenvalue weighted by molar-refractivity contribution is 0.0956. The lowest BCUT2D eigenvalue weighted by Crippen LogP contribution is -2.37. The number of hydrogen-bond acceptors (Lipinski definition) is 2. The Kier molecular flexibility index (Phi) is 6.89. The maximum absolute atomic E-state index is 12.0. The van der Waals surface area contributed by atoms with E-state index in [2.05, 4.69) is 21.2 Å². The molecule has 0 atom stereocenters. The molecule has 0 saturated carbocycles. The Hall–Kier alpha value is -1.56. The van der Waals surface area contributed by atoms with Crippen LogP contribution in [0.15, 0.2) is 24.3 Å². The Balaban J connectivity index is 1.82. The minimum absolute atomic E-state index is 0.0407. The van der Waals surface area contributed by atoms with Gasteiger partial charge < -0.3 is 15.3 Å². The molecule has 0 spiro atoms. The van der Waals surface area contributed by atoms with Gasteiger partial charge in [0.05, 0.1) is 0 Å². The lowest BCUT2D eigenvalue weighted by atomic mass is 9.90. The van der Waals surface area contributed by atoms with Gasteiger partial charge in [-0.15, -0.1) is 0 Å². The summed E-state index contributed by atoms with van der Waals surface area (Å²) >= 11 is 3.29. The van der Waals surface area contributed by atoms with Crippen LogP contribution in [0.25, 0.3) is 0 Å². The van der Waals surface area contributed by atoms with E-state index in [1.165, 1.54) is 4.90 Å². The largest absolute Gasteiger partial charge is 0.465 e. The maximum atomic E-state index is 12.0. The molecule has 0 unspecified atom stereocenters. The number of carboxylic acid groups (broad SMARTS) is 1. The van der Waals surface area contributed by atoms with Gasteiger partial charge in [0, 0.05) is 30.5 Å². The summed E-state index contributed by atoms with van der Waals surface area (Å²) in [7, 11) is 0. The van der Waals surface area contributed by atoms with Crippen molar-refractivity contribution < 1.29 is 14.7 Å². The molecule has 2 N–H and O–H groups in total. The predicted octanol–water partition coefficient (Wildman–Crippen LogP) is 3.13. The fourth-order valence-corrected chi connectivity index (χ4v) is 3.11. The standard InChI is InChI=1S/C17H23BrN2O3/c18-8-9-19-16(21)15-3-1-2-14(12-15)5-4-13-6-10-20(11-7-13)17(22)23/h1-3,12-13H,4-11H2,(H,19,21)(H,22,23). The van der Waals surface area contributed by atoms with Crippen molar-refractivity contribution in [1.82, 2.24) is 10.2 Å². The quantitative estimate of drug-likeness (QED) is 0.742. The van der Waals surface area contributed by atoms with Gasteiger partial charge in [-0.1, -0.05) is 28.1 Å². The maximum Gasteiger partial charge on any atom is 0.407 e. The smallest absolute Gasteiger partial charge is 0.407 e. The molecule has 2 rings (SSSR count). The van der Waals surface area contributed by atoms with Crippen molar-refractivity contribution >= 4 is 27.9 Å². The highest BCUT2D eigenvalue weighted by Gasteiger charge is 2.21. The molecule has 0 bridgehead atoms. The lowest BCUT2D eigenvalue weighted by Gasteiger charge is -2.29. The Morgan fingerprint density at radius 3 is 2.70 bits per heavy atom. The zero-order valence-electron chi connectivity index (χ0n) is 13.1. The fraction of sp³-hybridized carbons (Fsp3) is 0.529. The minimum Gasteiger partial charge on any atom is -0.465 e. The normalized spacial score (nSPS) is 15.4. The van der Waals surface area contributed by atoms with E-state index in [1.54, 1.807) is 0 Å². The summed E-state index contributed by atoms with van der Waals surface area (Å²) in [5.74, 6) is 0.526. The van der Waals surface area contributed by atoms with Crippen molar-refractivity contribution in [2.45, 2.75) is 25.7 Å². The van der Waals surface area contributed by atoms with E-state index in [0.29, 0.717) is 31.1 Å². The molecule has 0 aromatic heterocycles. The molecule has 0 aliphatic carbocycles. The van der Waals surface area contributed by atoms with Crippen molar-refractivity contribution in [3.05, 3.63) is 35.4 Å². The topological polar surface area (TPSA) is 69.6 Å². The fourth-order valence-electron chi connectivity index (χ4n) is 2.91. The number of alkyl halides is 1. The second kappa shape index (κ2) is 8.91. The van der Waals surface area contributed by atoms with E-state index in [1.807, 2.05) is 24.3 Å². The molecule has 6 heteroatoms. The van der Waals surface area contributed by atoms with E-state index in [0.717, 1.165) is 36.6 Å². The van der Waals surface area contributed by atoms with E-state index < -0.39 is 6.09 Å². The molecule has 1 heterocycles. The molecule has 126 valence electrons. The van der Waals surface area contributed by atoms with Gasteiger partial charge >= 0.3 is 6.09 Å². The third-order valence-electron chi connectivity index (χ3n) is 4.30. The Bertz CT molecular complexity index is 542. The third-order valence-corrected chi connectivity index (χ3v) is 4.69. The highest BCUT2D eigenvalue weighted by Crippen LogP contribution is 2.22. The number of rotatable bonds is 6. The SMILES string of the molecule is O=C(NCCBr)c1cccc(CCC2CCN(C(=O)O)CC2)c1. The van der Waals surface area contributed by atoms with Gasteiger partial charge in [0.2, 0.25) is 0 Å². The number of nitrogens with zero attached hydrogens (tertiary/aromatic N) is 1. The van der Waals surface area contributed by atoms with Crippen molar-refractivity contribution in [3.8, 4) is 0 Å². The molecule has 2 amide bonds. The molecule has 5 nitrogen and oxygen atoms in total. The molecular weight excluding hydrogens is 360 g/mol. The molecule has 1 aliphatic rings. The number of aryl methyl sites for hydroxylation is 1. The van der Waals surface area contributed by atoms with Crippen molar-refractivity contribution in [2.75, 3.05) is 25.0 Å². The van der Waals surface area contributed by atoms with Crippen LogP contribution in [0.1, 0.15) is 35.2 Å². The summed E-state index contributed by atoms with van der Waals surface area (Å²) in [5, 5.41) is 12.6. The monoisotopic (exact) mass is 382 g/mol. The summed E-state index contributed by atoms with van der Waals surface area (Å²) in [4.78, 5) is 24.4. The van der Waals surface area contributed by atoms with Crippen LogP contribution in [0.5, 0.6) is 0 Å². The molecule has 1 fully saturated rings. The first kappa shape index (κ1) is 17.8. The van der Waals surface area contributed by atoms with Crippen LogP contribution in [-0.2, 0) is 6.42 Å². The van der Waals surface area contributed by atoms with Gasteiger partial charge in [-0.2, -0.15) is 0 Å². The number of benzene rings is 1. The van der Waals surface area contributed by atoms with Crippen LogP contribution < -0.4 is 5.32 Å². The van der Waals surface area contributed by atoms with Gasteiger partial charge in [0.15, 0.2) is 0 Å². The Morgan fingerprint density at radius 2 is 2.04 bits per heavy atom. The summed E-state index contributed by atoms with van der Waals surface area (Å²) in [6.07, 6.45) is 3.01. The number of nitrogens with one attached hydrogen (secondary N) is 1. The second-order valence-electron chi connectivity index (χ2n) is 5.90. The van der Waals surface area contributed by atoms with Gasteiger partial charge in [-0.05, 0) is 49.3 Å². The number of carbonyl (C=O) groups is 2. The first-order chi connectivity index (χ1) is 11.1. The summed E-state index contributed by atoms with van der Waals surface area (Å²) < 4.78 is 0. The van der Waals surface area contributed by atoms with Gasteiger partial charge in [0.25, 0.3) is 5.91 Å². The van der Waals surface area contributed by atoms with Crippen LogP contribution in [0.2, 0.25) is 0 Å². The van der Waals surface area contributed by atoms with Crippen molar-refractivity contribution in [2.24, 2.45) is 5.92 Å². The Labute approximate surface area is 145 Å². The van der Waals surface area contributed by atoms with E-state index >= 15 is 0 Å². The van der Waals surface area contributed by atoms with Crippen molar-refractivity contribution in [1.29, 1.82) is 0 Å². The van der Waals surface area contributed by atoms with E-state index in [-0.39, 0.29) is 5.91 Å². The summed E-state index contributed by atoms with van der Waals surface area (Å²) in [6.45, 7) is 1.88. The first-order valence-corrected chi connectivity index (χ1v) is 9.13. The molecule has 1 aromatic rings. The number of likely N-dealkylation sites (tertiary alicyclic amines) is 1. The predicted molar refractivity (Wildman–Crippen MR) is 93.2 cm³/mol. The van der Waals surface area contributed by atoms with Crippen LogP contribution >= 0.6 is 15.9 Å². The molecule has 1 aromatic carbocycles. The van der Waals surface area contributed by atoms with Crippen LogP contribution in [0.3, 0.4) is 0 Å². The number of amides is 2. The van der Waals surface area contributed by atoms with Gasteiger partial charge in [0.1, 0.15) is 0 Å².